The number of carbonyl (C=O) groups excluding carboxylic acids is 2. The maximum atomic E-state index is 12.9. The average Bonchev–Trinajstić information content (AvgIpc) is 3.18. The third kappa shape index (κ3) is 5.03. The second-order valence-electron chi connectivity index (χ2n) is 7.57. The van der Waals surface area contributed by atoms with Gasteiger partial charge in [-0.2, -0.15) is 0 Å². The van der Waals surface area contributed by atoms with Gasteiger partial charge in [-0.3, -0.25) is 4.79 Å². The Kier molecular flexibility index (Phi) is 6.80. The number of anilines is 1. The Morgan fingerprint density at radius 1 is 1.00 bits per heavy atom. The third-order valence-electron chi connectivity index (χ3n) is 5.66. The number of hydrogen-bond acceptors (Lipinski definition) is 3. The number of thioether (sulfide) groups is 1. The van der Waals surface area contributed by atoms with Crippen LogP contribution < -0.4 is 5.32 Å². The number of carbonyl (C=O) groups is 2. The molecule has 1 spiro atoms. The van der Waals surface area contributed by atoms with E-state index in [9.17, 15) is 9.59 Å². The van der Waals surface area contributed by atoms with Crippen LogP contribution in [0.15, 0.2) is 54.6 Å². The van der Waals surface area contributed by atoms with Gasteiger partial charge in [-0.05, 0) is 42.7 Å². The standard InChI is InChI=1S/C23H23Cl2N3O2S/c24-19-8-7-18(16-20(19)25)26-22(30)27-12-10-23(11-13-27)28(14-15-31-23)21(29)9-6-17-4-2-1-3-5-17/h1-9,16H,10-15H2,(H,26,30)/b9-6+. The van der Waals surface area contributed by atoms with Crippen molar-refractivity contribution in [2.75, 3.05) is 30.7 Å². The highest BCUT2D eigenvalue weighted by molar-refractivity contribution is 8.00. The molecule has 2 heterocycles. The second kappa shape index (κ2) is 9.55. The number of likely N-dealkylation sites (tertiary alicyclic amines) is 1. The molecular weight excluding hydrogens is 453 g/mol. The molecule has 162 valence electrons. The molecule has 2 aromatic carbocycles. The van der Waals surface area contributed by atoms with Gasteiger partial charge in [0.1, 0.15) is 0 Å². The van der Waals surface area contributed by atoms with E-state index < -0.39 is 0 Å². The van der Waals surface area contributed by atoms with E-state index in [-0.39, 0.29) is 16.8 Å². The lowest BCUT2D eigenvalue weighted by atomic mass is 10.0. The van der Waals surface area contributed by atoms with Gasteiger partial charge in [0.05, 0.1) is 14.9 Å². The van der Waals surface area contributed by atoms with Gasteiger partial charge in [0.15, 0.2) is 0 Å². The molecule has 2 aliphatic heterocycles. The summed E-state index contributed by atoms with van der Waals surface area (Å²) in [4.78, 5) is 29.1. The monoisotopic (exact) mass is 475 g/mol. The van der Waals surface area contributed by atoms with Crippen molar-refractivity contribution in [3.05, 3.63) is 70.2 Å². The van der Waals surface area contributed by atoms with Gasteiger partial charge >= 0.3 is 6.03 Å². The lowest BCUT2D eigenvalue weighted by Gasteiger charge is -2.43. The van der Waals surface area contributed by atoms with Crippen LogP contribution in [0.3, 0.4) is 0 Å². The van der Waals surface area contributed by atoms with E-state index in [1.54, 1.807) is 29.2 Å². The first-order valence-electron chi connectivity index (χ1n) is 10.2. The summed E-state index contributed by atoms with van der Waals surface area (Å²) in [6, 6.07) is 14.7. The SMILES string of the molecule is O=C(Nc1ccc(Cl)c(Cl)c1)N1CCC2(CC1)SCCN2C(=O)/C=C/c1ccccc1. The topological polar surface area (TPSA) is 52.7 Å². The third-order valence-corrected chi connectivity index (χ3v) is 7.96. The summed E-state index contributed by atoms with van der Waals surface area (Å²) in [6.07, 6.45) is 5.01. The zero-order valence-corrected chi connectivity index (χ0v) is 19.2. The first kappa shape index (κ1) is 22.1. The van der Waals surface area contributed by atoms with Crippen LogP contribution in [0.5, 0.6) is 0 Å². The fraction of sp³-hybridized carbons (Fsp3) is 0.304. The molecule has 5 nitrogen and oxygen atoms in total. The summed E-state index contributed by atoms with van der Waals surface area (Å²) < 4.78 is 0. The Morgan fingerprint density at radius 3 is 2.45 bits per heavy atom. The van der Waals surface area contributed by atoms with E-state index in [1.807, 2.05) is 53.1 Å². The fourth-order valence-corrected chi connectivity index (χ4v) is 5.75. The smallest absolute Gasteiger partial charge is 0.321 e. The van der Waals surface area contributed by atoms with Crippen LogP contribution in [0.2, 0.25) is 10.0 Å². The van der Waals surface area contributed by atoms with Gasteiger partial charge in [-0.25, -0.2) is 4.79 Å². The first-order chi connectivity index (χ1) is 15.0. The average molecular weight is 476 g/mol. The Bertz CT molecular complexity index is 992. The lowest BCUT2D eigenvalue weighted by molar-refractivity contribution is -0.129. The minimum absolute atomic E-state index is 0.0301. The summed E-state index contributed by atoms with van der Waals surface area (Å²) in [7, 11) is 0. The highest BCUT2D eigenvalue weighted by atomic mass is 35.5. The maximum Gasteiger partial charge on any atom is 0.321 e. The normalized spacial score (nSPS) is 18.0. The first-order valence-corrected chi connectivity index (χ1v) is 11.9. The number of amides is 3. The summed E-state index contributed by atoms with van der Waals surface area (Å²) in [6.45, 7) is 1.91. The molecule has 0 atom stereocenters. The van der Waals surface area contributed by atoms with Gasteiger partial charge in [-0.1, -0.05) is 53.5 Å². The van der Waals surface area contributed by atoms with Crippen LogP contribution in [0, 0.1) is 0 Å². The van der Waals surface area contributed by atoms with Crippen molar-refractivity contribution in [1.29, 1.82) is 0 Å². The lowest BCUT2D eigenvalue weighted by Crippen LogP contribution is -2.53. The number of piperidine rings is 1. The van der Waals surface area contributed by atoms with Gasteiger partial charge in [0, 0.05) is 37.2 Å². The number of halogens is 2. The number of nitrogens with zero attached hydrogens (tertiary/aromatic N) is 2. The molecule has 2 saturated heterocycles. The molecule has 0 aliphatic carbocycles. The van der Waals surface area contributed by atoms with Gasteiger partial charge < -0.3 is 15.1 Å². The van der Waals surface area contributed by atoms with Crippen molar-refractivity contribution in [3.8, 4) is 0 Å². The van der Waals surface area contributed by atoms with E-state index >= 15 is 0 Å². The number of urea groups is 1. The van der Waals surface area contributed by atoms with E-state index in [4.69, 9.17) is 23.2 Å². The molecular formula is C23H23Cl2N3O2S. The molecule has 0 aromatic heterocycles. The summed E-state index contributed by atoms with van der Waals surface area (Å²) >= 11 is 13.8. The highest BCUT2D eigenvalue weighted by Crippen LogP contribution is 2.44. The predicted molar refractivity (Wildman–Crippen MR) is 129 cm³/mol. The Labute approximate surface area is 196 Å². The number of rotatable bonds is 3. The fourth-order valence-electron chi connectivity index (χ4n) is 3.99. The zero-order chi connectivity index (χ0) is 21.8. The van der Waals surface area contributed by atoms with Crippen LogP contribution in [0.1, 0.15) is 18.4 Å². The molecule has 4 rings (SSSR count). The summed E-state index contributed by atoms with van der Waals surface area (Å²) in [5.41, 5.74) is 1.61. The van der Waals surface area contributed by atoms with Crippen molar-refractivity contribution in [2.45, 2.75) is 17.7 Å². The van der Waals surface area contributed by atoms with Crippen molar-refractivity contribution in [2.24, 2.45) is 0 Å². The van der Waals surface area contributed by atoms with Crippen molar-refractivity contribution >= 4 is 58.7 Å². The molecule has 0 bridgehead atoms. The van der Waals surface area contributed by atoms with Gasteiger partial charge in [0.2, 0.25) is 5.91 Å². The Balaban J connectivity index is 1.36. The van der Waals surface area contributed by atoms with Crippen LogP contribution in [-0.2, 0) is 4.79 Å². The minimum Gasteiger partial charge on any atom is -0.324 e. The molecule has 0 saturated carbocycles. The van der Waals surface area contributed by atoms with Crippen molar-refractivity contribution in [1.82, 2.24) is 9.80 Å². The number of nitrogens with one attached hydrogen (secondary N) is 1. The quantitative estimate of drug-likeness (QED) is 0.587. The van der Waals surface area contributed by atoms with Crippen LogP contribution >= 0.6 is 35.0 Å². The highest BCUT2D eigenvalue weighted by Gasteiger charge is 2.46. The number of benzene rings is 2. The Hall–Kier alpha value is -2.15. The number of hydrogen-bond donors (Lipinski definition) is 1. The van der Waals surface area contributed by atoms with Crippen molar-refractivity contribution in [3.63, 3.8) is 0 Å². The maximum absolute atomic E-state index is 12.9. The molecule has 1 N–H and O–H groups in total. The van der Waals surface area contributed by atoms with Crippen LogP contribution in [0.25, 0.3) is 6.08 Å². The van der Waals surface area contributed by atoms with E-state index in [2.05, 4.69) is 5.32 Å². The van der Waals surface area contributed by atoms with E-state index in [1.165, 1.54) is 0 Å². The minimum atomic E-state index is -0.238. The zero-order valence-electron chi connectivity index (χ0n) is 16.9. The molecule has 31 heavy (non-hydrogen) atoms. The van der Waals surface area contributed by atoms with Crippen molar-refractivity contribution < 1.29 is 9.59 Å². The summed E-state index contributed by atoms with van der Waals surface area (Å²) in [5, 5.41) is 3.72. The molecule has 3 amide bonds. The van der Waals surface area contributed by atoms with Gasteiger partial charge in [0.25, 0.3) is 0 Å². The second-order valence-corrected chi connectivity index (χ2v) is 9.85. The van der Waals surface area contributed by atoms with Gasteiger partial charge in [-0.15, -0.1) is 11.8 Å². The van der Waals surface area contributed by atoms with Crippen LogP contribution in [-0.4, -0.2) is 52.0 Å². The molecule has 2 aliphatic rings. The van der Waals surface area contributed by atoms with Crippen LogP contribution in [0.4, 0.5) is 10.5 Å². The molecule has 2 fully saturated rings. The molecule has 0 unspecified atom stereocenters. The summed E-state index contributed by atoms with van der Waals surface area (Å²) in [5.74, 6) is 0.947. The molecule has 0 radical (unpaired) electrons. The Morgan fingerprint density at radius 2 is 1.74 bits per heavy atom. The largest absolute Gasteiger partial charge is 0.324 e. The van der Waals surface area contributed by atoms with E-state index in [0.717, 1.165) is 30.7 Å². The molecule has 2 aromatic rings. The predicted octanol–water partition coefficient (Wildman–Crippen LogP) is 5.61. The van der Waals surface area contributed by atoms with E-state index in [0.29, 0.717) is 28.8 Å². The molecule has 8 heteroatoms.